The minimum absolute atomic E-state index is 0.0579. The highest BCUT2D eigenvalue weighted by Gasteiger charge is 2.39. The van der Waals surface area contributed by atoms with Crippen molar-refractivity contribution < 1.29 is 41.0 Å². The lowest BCUT2D eigenvalue weighted by Gasteiger charge is -2.27. The third kappa shape index (κ3) is 6.63. The zero-order valence-corrected chi connectivity index (χ0v) is 23.7. The van der Waals surface area contributed by atoms with Gasteiger partial charge in [-0.15, -0.1) is 0 Å². The molecule has 0 bridgehead atoms. The summed E-state index contributed by atoms with van der Waals surface area (Å²) in [6, 6.07) is 15.8. The number of carbonyl (C=O) groups excluding carboxylic acids is 1. The van der Waals surface area contributed by atoms with E-state index in [1.165, 1.54) is 27.2 Å². The van der Waals surface area contributed by atoms with Crippen LogP contribution in [0.3, 0.4) is 0 Å². The predicted molar refractivity (Wildman–Crippen MR) is 151 cm³/mol. The van der Waals surface area contributed by atoms with Crippen LogP contribution in [0, 0.1) is 18.6 Å². The Morgan fingerprint density at radius 3 is 1.84 bits per heavy atom. The molecule has 3 aromatic carbocycles. The van der Waals surface area contributed by atoms with E-state index in [9.17, 15) is 18.0 Å². The standard InChI is InChI=1S/C31H28F5N3O4/c1-17-13-24(39(15-18-5-9-20(41-2)10-6-18)16-19-7-11-21(42-3)12-8-19)38-29(26(17)31(34,35)36)22-14-23(32)25(30(40)43-4)28(37)27(22)33/h5-14H,15-16,37H2,1-4H3. The third-order valence-corrected chi connectivity index (χ3v) is 6.77. The zero-order chi connectivity index (χ0) is 31.5. The van der Waals surface area contributed by atoms with E-state index in [-0.39, 0.29) is 24.5 Å². The molecule has 43 heavy (non-hydrogen) atoms. The van der Waals surface area contributed by atoms with Crippen LogP contribution >= 0.6 is 0 Å². The van der Waals surface area contributed by atoms with Gasteiger partial charge in [-0.25, -0.2) is 18.6 Å². The number of nitrogens with zero attached hydrogens (tertiary/aromatic N) is 2. The molecule has 0 fully saturated rings. The number of hydrogen-bond donors (Lipinski definition) is 1. The van der Waals surface area contributed by atoms with Gasteiger partial charge >= 0.3 is 12.1 Å². The maximum Gasteiger partial charge on any atom is 0.418 e. The molecule has 1 heterocycles. The van der Waals surface area contributed by atoms with Crippen LogP contribution in [0.4, 0.5) is 33.5 Å². The Morgan fingerprint density at radius 2 is 1.40 bits per heavy atom. The smallest absolute Gasteiger partial charge is 0.418 e. The zero-order valence-electron chi connectivity index (χ0n) is 23.7. The number of anilines is 2. The summed E-state index contributed by atoms with van der Waals surface area (Å²) in [5.41, 5.74) is 2.04. The van der Waals surface area contributed by atoms with E-state index in [0.29, 0.717) is 17.6 Å². The number of aromatic nitrogens is 1. The van der Waals surface area contributed by atoms with Crippen molar-refractivity contribution in [3.63, 3.8) is 0 Å². The molecule has 4 aromatic rings. The van der Waals surface area contributed by atoms with Gasteiger partial charge in [-0.2, -0.15) is 13.2 Å². The molecule has 0 atom stereocenters. The molecule has 4 rings (SSSR count). The van der Waals surface area contributed by atoms with Crippen LogP contribution in [-0.2, 0) is 24.0 Å². The number of carbonyl (C=O) groups is 1. The average molecular weight is 602 g/mol. The second-order valence-corrected chi connectivity index (χ2v) is 9.57. The first kappa shape index (κ1) is 31.1. The number of aryl methyl sites for hydroxylation is 1. The van der Waals surface area contributed by atoms with Crippen molar-refractivity contribution in [2.24, 2.45) is 0 Å². The number of esters is 1. The highest BCUT2D eigenvalue weighted by molar-refractivity contribution is 5.96. The predicted octanol–water partition coefficient (Wildman–Crippen LogP) is 6.95. The van der Waals surface area contributed by atoms with E-state index in [1.54, 1.807) is 53.4 Å². The number of rotatable bonds is 9. The lowest BCUT2D eigenvalue weighted by Crippen LogP contribution is -2.24. The Bertz CT molecular complexity index is 1580. The third-order valence-electron chi connectivity index (χ3n) is 6.77. The number of pyridine rings is 1. The van der Waals surface area contributed by atoms with Crippen molar-refractivity contribution in [1.29, 1.82) is 0 Å². The normalized spacial score (nSPS) is 11.3. The molecule has 12 heteroatoms. The number of halogens is 5. The van der Waals surface area contributed by atoms with Gasteiger partial charge in [-0.1, -0.05) is 24.3 Å². The van der Waals surface area contributed by atoms with Crippen LogP contribution in [0.1, 0.15) is 32.6 Å². The summed E-state index contributed by atoms with van der Waals surface area (Å²) in [6.45, 7) is 1.58. The summed E-state index contributed by atoms with van der Waals surface area (Å²) < 4.78 is 88.5. The number of ether oxygens (including phenoxy) is 3. The van der Waals surface area contributed by atoms with E-state index >= 15 is 8.78 Å². The SMILES string of the molecule is COC(=O)c1c(F)cc(-c2nc(N(Cc3ccc(OC)cc3)Cc3ccc(OC)cc3)cc(C)c2C(F)(F)F)c(F)c1N. The van der Waals surface area contributed by atoms with E-state index in [0.717, 1.165) is 18.2 Å². The molecule has 2 N–H and O–H groups in total. The van der Waals surface area contributed by atoms with Crippen LogP contribution in [0.2, 0.25) is 0 Å². The molecule has 0 spiro atoms. The molecule has 0 saturated heterocycles. The van der Waals surface area contributed by atoms with Gasteiger partial charge < -0.3 is 24.8 Å². The molecule has 7 nitrogen and oxygen atoms in total. The number of hydrogen-bond acceptors (Lipinski definition) is 7. The van der Waals surface area contributed by atoms with Crippen molar-refractivity contribution in [1.82, 2.24) is 4.98 Å². The quantitative estimate of drug-likeness (QED) is 0.126. The Kier molecular flexibility index (Phi) is 9.07. The molecule has 0 unspecified atom stereocenters. The van der Waals surface area contributed by atoms with Crippen LogP contribution in [0.5, 0.6) is 11.5 Å². The minimum Gasteiger partial charge on any atom is -0.497 e. The summed E-state index contributed by atoms with van der Waals surface area (Å²) in [5.74, 6) is -2.79. The van der Waals surface area contributed by atoms with Crippen molar-refractivity contribution >= 4 is 17.5 Å². The molecule has 226 valence electrons. The lowest BCUT2D eigenvalue weighted by atomic mass is 9.97. The monoisotopic (exact) mass is 601 g/mol. The van der Waals surface area contributed by atoms with Gasteiger partial charge in [0.05, 0.1) is 38.3 Å². The fourth-order valence-corrected chi connectivity index (χ4v) is 4.62. The Hall–Kier alpha value is -4.87. The highest BCUT2D eigenvalue weighted by Crippen LogP contribution is 2.42. The summed E-state index contributed by atoms with van der Waals surface area (Å²) >= 11 is 0. The first-order valence-electron chi connectivity index (χ1n) is 12.8. The van der Waals surface area contributed by atoms with Gasteiger partial charge in [0.25, 0.3) is 0 Å². The summed E-state index contributed by atoms with van der Waals surface area (Å²) in [5, 5.41) is 0. The van der Waals surface area contributed by atoms with Crippen molar-refractivity contribution in [2.75, 3.05) is 32.0 Å². The number of benzene rings is 3. The van der Waals surface area contributed by atoms with Gasteiger partial charge in [-0.05, 0) is 60.0 Å². The maximum absolute atomic E-state index is 15.5. The van der Waals surface area contributed by atoms with Crippen molar-refractivity contribution in [2.45, 2.75) is 26.2 Å². The molecule has 0 aliphatic rings. The number of alkyl halides is 3. The van der Waals surface area contributed by atoms with E-state index in [2.05, 4.69) is 9.72 Å². The molecule has 0 saturated carbocycles. The van der Waals surface area contributed by atoms with Gasteiger partial charge in [-0.3, -0.25) is 0 Å². The fourth-order valence-electron chi connectivity index (χ4n) is 4.62. The summed E-state index contributed by atoms with van der Waals surface area (Å²) in [7, 11) is 3.98. The second kappa shape index (κ2) is 12.6. The molecular formula is C31H28F5N3O4. The van der Waals surface area contributed by atoms with E-state index in [1.807, 2.05) is 0 Å². The van der Waals surface area contributed by atoms with Crippen molar-refractivity contribution in [3.8, 4) is 22.8 Å². The number of nitrogens with two attached hydrogens (primary N) is 1. The Balaban J connectivity index is 1.92. The van der Waals surface area contributed by atoms with Crippen LogP contribution in [-0.4, -0.2) is 32.3 Å². The lowest BCUT2D eigenvalue weighted by molar-refractivity contribution is -0.137. The van der Waals surface area contributed by atoms with Gasteiger partial charge in [0.15, 0.2) is 5.82 Å². The first-order valence-corrected chi connectivity index (χ1v) is 12.8. The van der Waals surface area contributed by atoms with Crippen LogP contribution in [0.15, 0.2) is 60.7 Å². The molecule has 0 aliphatic carbocycles. The fraction of sp³-hybridized carbons (Fsp3) is 0.226. The molecule has 0 amide bonds. The largest absolute Gasteiger partial charge is 0.497 e. The van der Waals surface area contributed by atoms with Crippen LogP contribution < -0.4 is 20.1 Å². The van der Waals surface area contributed by atoms with Crippen molar-refractivity contribution in [3.05, 3.63) is 100 Å². The van der Waals surface area contributed by atoms with Crippen LogP contribution in [0.25, 0.3) is 11.3 Å². The topological polar surface area (TPSA) is 86.9 Å². The van der Waals surface area contributed by atoms with Gasteiger partial charge in [0.2, 0.25) is 0 Å². The van der Waals surface area contributed by atoms with Gasteiger partial charge in [0.1, 0.15) is 28.7 Å². The summed E-state index contributed by atoms with van der Waals surface area (Å²) in [6.07, 6.45) is -4.99. The number of nitrogen functional groups attached to an aromatic ring is 1. The maximum atomic E-state index is 15.5. The molecule has 0 radical (unpaired) electrons. The molecular weight excluding hydrogens is 573 g/mol. The average Bonchev–Trinajstić information content (AvgIpc) is 2.98. The van der Waals surface area contributed by atoms with E-state index in [4.69, 9.17) is 15.2 Å². The molecule has 1 aromatic heterocycles. The minimum atomic E-state index is -4.99. The second-order valence-electron chi connectivity index (χ2n) is 9.57. The number of methoxy groups -OCH3 is 3. The summed E-state index contributed by atoms with van der Waals surface area (Å²) in [4.78, 5) is 17.9. The van der Waals surface area contributed by atoms with Gasteiger partial charge in [0, 0.05) is 18.7 Å². The first-order chi connectivity index (χ1) is 20.4. The Morgan fingerprint density at radius 1 is 0.884 bits per heavy atom. The Labute approximate surface area is 244 Å². The van der Waals surface area contributed by atoms with E-state index < -0.39 is 51.9 Å². The highest BCUT2D eigenvalue weighted by atomic mass is 19.4. The molecule has 0 aliphatic heterocycles.